The van der Waals surface area contributed by atoms with Gasteiger partial charge in [-0.3, -0.25) is 9.59 Å². The lowest BCUT2D eigenvalue weighted by Gasteiger charge is -2.09. The highest BCUT2D eigenvalue weighted by molar-refractivity contribution is 6.31. The number of benzene rings is 2. The van der Waals surface area contributed by atoms with E-state index in [4.69, 9.17) is 11.6 Å². The van der Waals surface area contributed by atoms with Gasteiger partial charge in [0.2, 0.25) is 0 Å². The maximum Gasteiger partial charge on any atom is 0.255 e. The Bertz CT molecular complexity index is 680. The zero-order valence-corrected chi connectivity index (χ0v) is 12.0. The van der Waals surface area contributed by atoms with Crippen LogP contribution < -0.4 is 5.32 Å². The molecule has 0 unspecified atom stereocenters. The van der Waals surface area contributed by atoms with Gasteiger partial charge in [-0.25, -0.2) is 0 Å². The Morgan fingerprint density at radius 2 is 1.80 bits per heavy atom. The van der Waals surface area contributed by atoms with E-state index in [1.807, 2.05) is 6.92 Å². The second-order valence-electron chi connectivity index (χ2n) is 4.52. The summed E-state index contributed by atoms with van der Waals surface area (Å²) < 4.78 is 0. The third-order valence-corrected chi connectivity index (χ3v) is 3.40. The molecule has 0 saturated carbocycles. The molecule has 102 valence electrons. The summed E-state index contributed by atoms with van der Waals surface area (Å²) in [6, 6.07) is 12.0. The van der Waals surface area contributed by atoms with Crippen LogP contribution in [0.1, 0.15) is 33.2 Å². The lowest BCUT2D eigenvalue weighted by atomic mass is 10.1. The summed E-state index contributed by atoms with van der Waals surface area (Å²) in [5.41, 5.74) is 2.35. The molecule has 0 atom stereocenters. The van der Waals surface area contributed by atoms with E-state index >= 15 is 0 Å². The Balaban J connectivity index is 2.28. The van der Waals surface area contributed by atoms with Crippen LogP contribution in [0.5, 0.6) is 0 Å². The molecular weight excluding hydrogens is 274 g/mol. The average molecular weight is 288 g/mol. The SMILES string of the molecule is CC(=O)c1ccccc1NC(=O)c1ccc(C)c(Cl)c1. The molecule has 0 fully saturated rings. The predicted molar refractivity (Wildman–Crippen MR) is 80.6 cm³/mol. The highest BCUT2D eigenvalue weighted by atomic mass is 35.5. The topological polar surface area (TPSA) is 46.2 Å². The second-order valence-corrected chi connectivity index (χ2v) is 4.93. The molecule has 0 aliphatic rings. The monoisotopic (exact) mass is 287 g/mol. The molecule has 0 aromatic heterocycles. The van der Waals surface area contributed by atoms with E-state index in [1.54, 1.807) is 42.5 Å². The molecule has 2 rings (SSSR count). The number of halogens is 1. The van der Waals surface area contributed by atoms with Crippen molar-refractivity contribution in [3.63, 3.8) is 0 Å². The van der Waals surface area contributed by atoms with Crippen LogP contribution >= 0.6 is 11.6 Å². The standard InChI is InChI=1S/C16H14ClNO2/c1-10-7-8-12(9-14(10)17)16(20)18-15-6-4-3-5-13(15)11(2)19/h3-9H,1-2H3,(H,18,20). The molecule has 0 spiro atoms. The summed E-state index contributed by atoms with van der Waals surface area (Å²) in [6.45, 7) is 3.34. The van der Waals surface area contributed by atoms with Gasteiger partial charge in [-0.1, -0.05) is 29.8 Å². The van der Waals surface area contributed by atoms with E-state index in [1.165, 1.54) is 6.92 Å². The van der Waals surface area contributed by atoms with Gasteiger partial charge in [-0.2, -0.15) is 0 Å². The third-order valence-electron chi connectivity index (χ3n) is 2.99. The van der Waals surface area contributed by atoms with Crippen LogP contribution in [-0.2, 0) is 0 Å². The summed E-state index contributed by atoms with van der Waals surface area (Å²) in [7, 11) is 0. The number of para-hydroxylation sites is 1. The highest BCUT2D eigenvalue weighted by Crippen LogP contribution is 2.20. The minimum atomic E-state index is -0.291. The first kappa shape index (κ1) is 14.3. The fraction of sp³-hybridized carbons (Fsp3) is 0.125. The number of Topliss-reactive ketones (excluding diaryl/α,β-unsaturated/α-hetero) is 1. The molecule has 0 saturated heterocycles. The Morgan fingerprint density at radius 3 is 2.45 bits per heavy atom. The van der Waals surface area contributed by atoms with E-state index < -0.39 is 0 Å². The number of anilines is 1. The van der Waals surface area contributed by atoms with Gasteiger partial charge in [-0.05, 0) is 43.7 Å². The lowest BCUT2D eigenvalue weighted by molar-refractivity contribution is 0.101. The van der Waals surface area contributed by atoms with Crippen molar-refractivity contribution < 1.29 is 9.59 Å². The van der Waals surface area contributed by atoms with Crippen molar-refractivity contribution in [3.05, 3.63) is 64.2 Å². The highest BCUT2D eigenvalue weighted by Gasteiger charge is 2.11. The first-order valence-electron chi connectivity index (χ1n) is 6.16. The van der Waals surface area contributed by atoms with Crippen LogP contribution in [0, 0.1) is 6.92 Å². The number of aryl methyl sites for hydroxylation is 1. The largest absolute Gasteiger partial charge is 0.321 e. The zero-order valence-electron chi connectivity index (χ0n) is 11.2. The maximum atomic E-state index is 12.2. The van der Waals surface area contributed by atoms with Crippen molar-refractivity contribution in [2.75, 3.05) is 5.32 Å². The van der Waals surface area contributed by atoms with E-state index in [0.29, 0.717) is 21.8 Å². The average Bonchev–Trinajstić information content (AvgIpc) is 2.42. The smallest absolute Gasteiger partial charge is 0.255 e. The molecule has 2 aromatic rings. The fourth-order valence-electron chi connectivity index (χ4n) is 1.83. The summed E-state index contributed by atoms with van der Waals surface area (Å²) in [6.07, 6.45) is 0. The van der Waals surface area contributed by atoms with Crippen LogP contribution in [0.4, 0.5) is 5.69 Å². The van der Waals surface area contributed by atoms with Crippen molar-refractivity contribution >= 4 is 29.0 Å². The van der Waals surface area contributed by atoms with Gasteiger partial charge in [-0.15, -0.1) is 0 Å². The third kappa shape index (κ3) is 3.06. The summed E-state index contributed by atoms with van der Waals surface area (Å²) in [4.78, 5) is 23.7. The Labute approximate surface area is 122 Å². The number of rotatable bonds is 3. The van der Waals surface area contributed by atoms with Crippen LogP contribution in [0.15, 0.2) is 42.5 Å². The van der Waals surface area contributed by atoms with Gasteiger partial charge in [0, 0.05) is 16.1 Å². The van der Waals surface area contributed by atoms with Gasteiger partial charge in [0.15, 0.2) is 5.78 Å². The van der Waals surface area contributed by atoms with E-state index in [0.717, 1.165) is 5.56 Å². The molecule has 3 nitrogen and oxygen atoms in total. The van der Waals surface area contributed by atoms with Gasteiger partial charge < -0.3 is 5.32 Å². The molecule has 2 aromatic carbocycles. The minimum Gasteiger partial charge on any atom is -0.321 e. The summed E-state index contributed by atoms with van der Waals surface area (Å²) in [5, 5.41) is 3.28. The number of hydrogen-bond donors (Lipinski definition) is 1. The van der Waals surface area contributed by atoms with Crippen molar-refractivity contribution in [3.8, 4) is 0 Å². The van der Waals surface area contributed by atoms with E-state index in [-0.39, 0.29) is 11.7 Å². The molecule has 0 radical (unpaired) electrons. The number of hydrogen-bond acceptors (Lipinski definition) is 2. The number of ketones is 1. The molecule has 1 N–H and O–H groups in total. The van der Waals surface area contributed by atoms with Crippen molar-refractivity contribution in [1.82, 2.24) is 0 Å². The van der Waals surface area contributed by atoms with Gasteiger partial charge in [0.25, 0.3) is 5.91 Å². The van der Waals surface area contributed by atoms with Gasteiger partial charge in [0.1, 0.15) is 0 Å². The van der Waals surface area contributed by atoms with Crippen molar-refractivity contribution in [2.45, 2.75) is 13.8 Å². The van der Waals surface area contributed by atoms with Crippen LogP contribution in [-0.4, -0.2) is 11.7 Å². The molecule has 0 heterocycles. The Kier molecular flexibility index (Phi) is 4.20. The molecule has 1 amide bonds. The van der Waals surface area contributed by atoms with Crippen molar-refractivity contribution in [1.29, 1.82) is 0 Å². The Morgan fingerprint density at radius 1 is 1.10 bits per heavy atom. The van der Waals surface area contributed by atoms with Crippen LogP contribution in [0.2, 0.25) is 5.02 Å². The minimum absolute atomic E-state index is 0.0946. The van der Waals surface area contributed by atoms with E-state index in [9.17, 15) is 9.59 Å². The Hall–Kier alpha value is -2.13. The normalized spacial score (nSPS) is 10.2. The number of nitrogens with one attached hydrogen (secondary N) is 1. The predicted octanol–water partition coefficient (Wildman–Crippen LogP) is 4.10. The van der Waals surface area contributed by atoms with Crippen molar-refractivity contribution in [2.24, 2.45) is 0 Å². The molecule has 0 aliphatic heterocycles. The van der Waals surface area contributed by atoms with Crippen LogP contribution in [0.3, 0.4) is 0 Å². The number of carbonyl (C=O) groups excluding carboxylic acids is 2. The fourth-order valence-corrected chi connectivity index (χ4v) is 2.01. The molecule has 4 heteroatoms. The first-order valence-corrected chi connectivity index (χ1v) is 6.54. The molecular formula is C16H14ClNO2. The number of carbonyl (C=O) groups is 2. The summed E-state index contributed by atoms with van der Waals surface area (Å²) >= 11 is 6.01. The summed E-state index contributed by atoms with van der Waals surface area (Å²) in [5.74, 6) is -0.386. The zero-order chi connectivity index (χ0) is 14.7. The molecule has 0 bridgehead atoms. The first-order chi connectivity index (χ1) is 9.49. The van der Waals surface area contributed by atoms with Crippen LogP contribution in [0.25, 0.3) is 0 Å². The quantitative estimate of drug-likeness (QED) is 0.864. The van der Waals surface area contributed by atoms with Gasteiger partial charge >= 0.3 is 0 Å². The number of amides is 1. The second kappa shape index (κ2) is 5.88. The van der Waals surface area contributed by atoms with Gasteiger partial charge in [0.05, 0.1) is 5.69 Å². The maximum absolute atomic E-state index is 12.2. The molecule has 0 aliphatic carbocycles. The lowest BCUT2D eigenvalue weighted by Crippen LogP contribution is -2.14. The van der Waals surface area contributed by atoms with E-state index in [2.05, 4.69) is 5.32 Å². The molecule has 20 heavy (non-hydrogen) atoms.